The molecule has 1 aliphatic heterocycles. The monoisotopic (exact) mass is 627 g/mol. The summed E-state index contributed by atoms with van der Waals surface area (Å²) >= 11 is 1.58. The largest absolute Gasteiger partial charge is 0.489 e. The van der Waals surface area contributed by atoms with Crippen LogP contribution in [0.4, 0.5) is 5.69 Å². The molecule has 0 unspecified atom stereocenters. The fourth-order valence-corrected chi connectivity index (χ4v) is 5.80. The van der Waals surface area contributed by atoms with Crippen molar-refractivity contribution in [3.63, 3.8) is 0 Å². The van der Waals surface area contributed by atoms with E-state index in [0.29, 0.717) is 23.6 Å². The smallest absolute Gasteiger partial charge is 0.338 e. The molecule has 1 aliphatic rings. The zero-order valence-electron chi connectivity index (χ0n) is 25.1. The van der Waals surface area contributed by atoms with Gasteiger partial charge in [-0.15, -0.1) is 0 Å². The molecule has 5 aromatic carbocycles. The van der Waals surface area contributed by atoms with Crippen molar-refractivity contribution in [2.45, 2.75) is 36.3 Å². The van der Waals surface area contributed by atoms with Gasteiger partial charge in [0.2, 0.25) is 5.78 Å². The number of nitrogens with zero attached hydrogens (tertiary/aromatic N) is 1. The van der Waals surface area contributed by atoms with E-state index in [0.717, 1.165) is 20.3 Å². The Morgan fingerprint density at radius 3 is 2.00 bits per heavy atom. The molecule has 1 atom stereocenters. The normalized spacial score (nSPS) is 12.9. The van der Waals surface area contributed by atoms with E-state index >= 15 is 0 Å². The van der Waals surface area contributed by atoms with Crippen LogP contribution in [-0.2, 0) is 11.3 Å². The molecule has 0 saturated heterocycles. The zero-order chi connectivity index (χ0) is 32.2. The highest BCUT2D eigenvalue weighted by molar-refractivity contribution is 7.99. The first-order valence-electron chi connectivity index (χ1n) is 14.7. The summed E-state index contributed by atoms with van der Waals surface area (Å²) in [5.74, 6) is -1.56. The Morgan fingerprint density at radius 1 is 0.717 bits per heavy atom. The number of imide groups is 1. The number of amides is 2. The van der Waals surface area contributed by atoms with E-state index in [1.807, 2.05) is 73.7 Å². The highest BCUT2D eigenvalue weighted by Crippen LogP contribution is 2.33. The minimum absolute atomic E-state index is 0.0657. The van der Waals surface area contributed by atoms with Crippen LogP contribution in [0.5, 0.6) is 5.75 Å². The maximum Gasteiger partial charge on any atom is 0.338 e. The number of hydrogen-bond donors (Lipinski definition) is 0. The molecule has 0 spiro atoms. The quantitative estimate of drug-likeness (QED) is 0.0882. The van der Waals surface area contributed by atoms with Gasteiger partial charge in [-0.1, -0.05) is 59.8 Å². The van der Waals surface area contributed by atoms with Gasteiger partial charge in [0, 0.05) is 15.4 Å². The highest BCUT2D eigenvalue weighted by Gasteiger charge is 2.37. The number of anilines is 1. The molecule has 6 rings (SSSR count). The summed E-state index contributed by atoms with van der Waals surface area (Å²) in [6.45, 7) is 3.92. The summed E-state index contributed by atoms with van der Waals surface area (Å²) < 4.78 is 11.2. The maximum atomic E-state index is 13.3. The summed E-state index contributed by atoms with van der Waals surface area (Å²) in [5.41, 5.74) is 3.35. The van der Waals surface area contributed by atoms with Gasteiger partial charge in [-0.3, -0.25) is 14.4 Å². The Kier molecular flexibility index (Phi) is 8.81. The molecule has 1 heterocycles. The summed E-state index contributed by atoms with van der Waals surface area (Å²) in [7, 11) is 0. The standard InChI is InChI=1S/C38H29NO6S/c1-24-8-17-31(18-9-24)46-32-19-13-29(14-20-32)39-36(41)33-21-12-28(22-34(33)37(39)42)38(43)45-25(2)35(40)27-10-15-30(16-11-27)44-23-26-6-4-3-5-7-26/h3-22,25H,23H2,1-2H3/t25-/m0/s1. The first-order chi connectivity index (χ1) is 22.3. The average Bonchev–Trinajstić information content (AvgIpc) is 3.34. The first-order valence-corrected chi connectivity index (χ1v) is 15.5. The SMILES string of the molecule is Cc1ccc(Sc2ccc(N3C(=O)c4ccc(C(=O)O[C@@H](C)C(=O)c5ccc(OCc6ccccc6)cc5)cc4C3=O)cc2)cc1. The second-order valence-corrected chi connectivity index (χ2v) is 12.0. The number of carbonyl (C=O) groups excluding carboxylic acids is 4. The van der Waals surface area contributed by atoms with Crippen molar-refractivity contribution < 1.29 is 28.7 Å². The van der Waals surface area contributed by atoms with Crippen molar-refractivity contribution in [1.29, 1.82) is 0 Å². The van der Waals surface area contributed by atoms with Crippen LogP contribution in [0.25, 0.3) is 0 Å². The van der Waals surface area contributed by atoms with Crippen molar-refractivity contribution in [2.24, 2.45) is 0 Å². The van der Waals surface area contributed by atoms with Gasteiger partial charge in [-0.2, -0.15) is 0 Å². The van der Waals surface area contributed by atoms with Gasteiger partial charge in [-0.05, 0) is 98.3 Å². The number of rotatable bonds is 10. The molecule has 7 nitrogen and oxygen atoms in total. The fourth-order valence-electron chi connectivity index (χ4n) is 4.98. The molecule has 0 aromatic heterocycles. The topological polar surface area (TPSA) is 90.0 Å². The van der Waals surface area contributed by atoms with E-state index in [4.69, 9.17) is 9.47 Å². The molecule has 228 valence electrons. The van der Waals surface area contributed by atoms with Crippen molar-refractivity contribution in [3.8, 4) is 5.75 Å². The van der Waals surface area contributed by atoms with E-state index in [1.54, 1.807) is 48.2 Å². The summed E-state index contributed by atoms with van der Waals surface area (Å²) in [6.07, 6.45) is -1.08. The molecular weight excluding hydrogens is 598 g/mol. The third-order valence-corrected chi connectivity index (χ3v) is 8.53. The first kappa shape index (κ1) is 30.6. The minimum Gasteiger partial charge on any atom is -0.489 e. The van der Waals surface area contributed by atoms with Gasteiger partial charge < -0.3 is 9.47 Å². The van der Waals surface area contributed by atoms with Gasteiger partial charge in [0.15, 0.2) is 6.10 Å². The molecule has 2 amide bonds. The van der Waals surface area contributed by atoms with Crippen molar-refractivity contribution in [1.82, 2.24) is 0 Å². The minimum atomic E-state index is -1.08. The Balaban J connectivity index is 1.08. The van der Waals surface area contributed by atoms with Crippen LogP contribution in [0, 0.1) is 6.92 Å². The number of esters is 1. The predicted octanol–water partition coefficient (Wildman–Crippen LogP) is 7.95. The van der Waals surface area contributed by atoms with Crippen LogP contribution in [0.1, 0.15) is 59.5 Å². The van der Waals surface area contributed by atoms with Gasteiger partial charge >= 0.3 is 5.97 Å². The van der Waals surface area contributed by atoms with Gasteiger partial charge in [0.25, 0.3) is 11.8 Å². The molecule has 0 fully saturated rings. The van der Waals surface area contributed by atoms with Crippen LogP contribution in [0.2, 0.25) is 0 Å². The lowest BCUT2D eigenvalue weighted by Gasteiger charge is -2.14. The number of carbonyl (C=O) groups is 4. The zero-order valence-corrected chi connectivity index (χ0v) is 26.0. The summed E-state index contributed by atoms with van der Waals surface area (Å²) in [6, 6.07) is 35.9. The van der Waals surface area contributed by atoms with E-state index in [1.165, 1.54) is 30.7 Å². The Bertz CT molecular complexity index is 1920. The number of hydrogen-bond acceptors (Lipinski definition) is 7. The van der Waals surface area contributed by atoms with Crippen LogP contribution >= 0.6 is 11.8 Å². The number of Topliss-reactive ketones (excluding diaryl/α,β-unsaturated/α-hetero) is 1. The molecule has 0 N–H and O–H groups in total. The molecule has 0 bridgehead atoms. The van der Waals surface area contributed by atoms with E-state index in [9.17, 15) is 19.2 Å². The highest BCUT2D eigenvalue weighted by atomic mass is 32.2. The lowest BCUT2D eigenvalue weighted by atomic mass is 10.1. The number of fused-ring (bicyclic) bond motifs is 1. The number of ether oxygens (including phenoxy) is 2. The molecular formula is C38H29NO6S. The molecule has 8 heteroatoms. The maximum absolute atomic E-state index is 13.3. The van der Waals surface area contributed by atoms with Gasteiger partial charge in [0.1, 0.15) is 12.4 Å². The molecule has 0 aliphatic carbocycles. The van der Waals surface area contributed by atoms with Crippen molar-refractivity contribution in [2.75, 3.05) is 4.90 Å². The second kappa shape index (κ2) is 13.3. The summed E-state index contributed by atoms with van der Waals surface area (Å²) in [5, 5.41) is 0. The lowest BCUT2D eigenvalue weighted by molar-refractivity contribution is 0.0318. The van der Waals surface area contributed by atoms with E-state index < -0.39 is 23.9 Å². The van der Waals surface area contributed by atoms with Crippen molar-refractivity contribution in [3.05, 3.63) is 155 Å². The van der Waals surface area contributed by atoms with Crippen LogP contribution in [0.15, 0.2) is 131 Å². The van der Waals surface area contributed by atoms with Crippen LogP contribution < -0.4 is 9.64 Å². The number of benzene rings is 5. The van der Waals surface area contributed by atoms with E-state index in [-0.39, 0.29) is 22.5 Å². The molecule has 0 radical (unpaired) electrons. The second-order valence-electron chi connectivity index (χ2n) is 10.8. The average molecular weight is 628 g/mol. The lowest BCUT2D eigenvalue weighted by Crippen LogP contribution is -2.29. The van der Waals surface area contributed by atoms with Gasteiger partial charge in [-0.25, -0.2) is 9.69 Å². The molecule has 5 aromatic rings. The molecule has 0 saturated carbocycles. The van der Waals surface area contributed by atoms with Gasteiger partial charge in [0.05, 0.1) is 22.4 Å². The van der Waals surface area contributed by atoms with Crippen LogP contribution in [0.3, 0.4) is 0 Å². The fraction of sp³-hybridized carbons (Fsp3) is 0.105. The third-order valence-electron chi connectivity index (χ3n) is 7.51. The number of ketones is 1. The van der Waals surface area contributed by atoms with E-state index in [2.05, 4.69) is 0 Å². The van der Waals surface area contributed by atoms with Crippen LogP contribution in [-0.4, -0.2) is 29.7 Å². The summed E-state index contributed by atoms with van der Waals surface area (Å²) in [4.78, 5) is 55.7. The Hall–Kier alpha value is -5.47. The predicted molar refractivity (Wildman–Crippen MR) is 176 cm³/mol. The molecule has 46 heavy (non-hydrogen) atoms. The third kappa shape index (κ3) is 6.62. The Labute approximate surface area is 270 Å². The number of aryl methyl sites for hydroxylation is 1. The van der Waals surface area contributed by atoms with Crippen molar-refractivity contribution >= 4 is 41.0 Å². The Morgan fingerprint density at radius 2 is 1.33 bits per heavy atom.